The summed E-state index contributed by atoms with van der Waals surface area (Å²) in [5.41, 5.74) is 2.50. The molecule has 6 nitrogen and oxygen atoms in total. The number of benzene rings is 2. The Kier molecular flexibility index (Phi) is 4.64. The summed E-state index contributed by atoms with van der Waals surface area (Å²) in [6.07, 6.45) is -1.17. The van der Waals surface area contributed by atoms with E-state index in [0.29, 0.717) is 33.7 Å². The third kappa shape index (κ3) is 2.93. The van der Waals surface area contributed by atoms with E-state index < -0.39 is 18.1 Å². The molecule has 2 atom stereocenters. The van der Waals surface area contributed by atoms with Gasteiger partial charge in [0.05, 0.1) is 17.3 Å². The maximum absolute atomic E-state index is 14.1. The summed E-state index contributed by atoms with van der Waals surface area (Å²) < 4.78 is 15.5. The van der Waals surface area contributed by atoms with Gasteiger partial charge in [-0.15, -0.1) is 0 Å². The molecule has 7 heteroatoms. The Labute approximate surface area is 183 Å². The van der Waals surface area contributed by atoms with Crippen molar-refractivity contribution < 1.29 is 14.3 Å². The standard InChI is InChI=1S/C25H20FN3O3/c1-14-7-5-12-20-27-22(21(25(32)28(14)20)16-8-6-9-17(26)13-16)15(2)29-23(30)18-10-3-4-11-19(18)24(29)31/h3-13,15,23,30H,1-2H3. The number of hydrogen-bond donors (Lipinski definition) is 1. The van der Waals surface area contributed by atoms with Crippen LogP contribution in [0.15, 0.2) is 71.5 Å². The molecular weight excluding hydrogens is 409 g/mol. The summed E-state index contributed by atoms with van der Waals surface area (Å²) >= 11 is 0. The van der Waals surface area contributed by atoms with Gasteiger partial charge in [0.2, 0.25) is 0 Å². The van der Waals surface area contributed by atoms with Gasteiger partial charge in [0.25, 0.3) is 11.5 Å². The van der Waals surface area contributed by atoms with Gasteiger partial charge in [0.1, 0.15) is 11.5 Å². The summed E-state index contributed by atoms with van der Waals surface area (Å²) in [5, 5.41) is 10.9. The number of halogens is 1. The van der Waals surface area contributed by atoms with E-state index in [1.165, 1.54) is 27.5 Å². The fraction of sp³-hybridized carbons (Fsp3) is 0.160. The number of aryl methyl sites for hydroxylation is 1. The first-order valence-electron chi connectivity index (χ1n) is 10.3. The molecule has 2 unspecified atom stereocenters. The van der Waals surface area contributed by atoms with Crippen molar-refractivity contribution in [3.8, 4) is 11.1 Å². The van der Waals surface area contributed by atoms with Crippen LogP contribution in [-0.4, -0.2) is 25.3 Å². The molecule has 0 spiro atoms. The summed E-state index contributed by atoms with van der Waals surface area (Å²) in [5.74, 6) is -0.836. The molecule has 0 fully saturated rings. The Morgan fingerprint density at radius 1 is 1.03 bits per heavy atom. The lowest BCUT2D eigenvalue weighted by molar-refractivity contribution is -0.000984. The van der Waals surface area contributed by atoms with Crippen LogP contribution in [0.4, 0.5) is 4.39 Å². The predicted molar refractivity (Wildman–Crippen MR) is 118 cm³/mol. The van der Waals surface area contributed by atoms with Gasteiger partial charge in [-0.1, -0.05) is 36.4 Å². The SMILES string of the molecule is Cc1cccc2nc(C(C)N3C(=O)c4ccccc4C3O)c(-c3cccc(F)c3)c(=O)n12. The Morgan fingerprint density at radius 3 is 2.53 bits per heavy atom. The van der Waals surface area contributed by atoms with Crippen molar-refractivity contribution in [3.05, 3.63) is 105 Å². The Bertz CT molecular complexity index is 1450. The average Bonchev–Trinajstić information content (AvgIpc) is 3.03. The van der Waals surface area contributed by atoms with E-state index in [-0.39, 0.29) is 17.0 Å². The van der Waals surface area contributed by atoms with Crippen LogP contribution >= 0.6 is 0 Å². The van der Waals surface area contributed by atoms with Crippen LogP contribution in [-0.2, 0) is 0 Å². The Hall–Kier alpha value is -3.84. The van der Waals surface area contributed by atoms with Crippen LogP contribution in [0, 0.1) is 12.7 Å². The fourth-order valence-electron chi connectivity index (χ4n) is 4.41. The molecule has 0 saturated heterocycles. The number of fused-ring (bicyclic) bond motifs is 2. The number of nitrogens with zero attached hydrogens (tertiary/aromatic N) is 3. The number of amides is 1. The zero-order valence-corrected chi connectivity index (χ0v) is 17.5. The third-order valence-corrected chi connectivity index (χ3v) is 5.97. The molecule has 2 aromatic carbocycles. The van der Waals surface area contributed by atoms with Crippen molar-refractivity contribution in [1.29, 1.82) is 0 Å². The molecule has 160 valence electrons. The number of aliphatic hydroxyl groups excluding tert-OH is 1. The molecule has 4 aromatic rings. The molecule has 0 saturated carbocycles. The summed E-state index contributed by atoms with van der Waals surface area (Å²) in [6, 6.07) is 17.1. The monoisotopic (exact) mass is 429 g/mol. The van der Waals surface area contributed by atoms with Gasteiger partial charge in [-0.05, 0) is 49.7 Å². The highest BCUT2D eigenvalue weighted by Crippen LogP contribution is 2.39. The molecule has 1 aliphatic heterocycles. The van der Waals surface area contributed by atoms with Crippen LogP contribution in [0.1, 0.15) is 46.5 Å². The molecule has 1 amide bonds. The smallest absolute Gasteiger partial charge is 0.266 e. The lowest BCUT2D eigenvalue weighted by atomic mass is 10.00. The van der Waals surface area contributed by atoms with Crippen molar-refractivity contribution >= 4 is 11.6 Å². The largest absolute Gasteiger partial charge is 0.369 e. The Balaban J connectivity index is 1.76. The molecule has 2 aromatic heterocycles. The second-order valence-electron chi connectivity index (χ2n) is 7.90. The number of aliphatic hydroxyl groups is 1. The number of aromatic nitrogens is 2. The first kappa shape index (κ1) is 20.1. The van der Waals surface area contributed by atoms with E-state index >= 15 is 0 Å². The molecule has 3 heterocycles. The quantitative estimate of drug-likeness (QED) is 0.534. The van der Waals surface area contributed by atoms with Gasteiger partial charge < -0.3 is 10.0 Å². The van der Waals surface area contributed by atoms with E-state index in [9.17, 15) is 19.1 Å². The molecule has 32 heavy (non-hydrogen) atoms. The van der Waals surface area contributed by atoms with Crippen molar-refractivity contribution in [3.63, 3.8) is 0 Å². The summed E-state index contributed by atoms with van der Waals surface area (Å²) in [7, 11) is 0. The number of hydrogen-bond acceptors (Lipinski definition) is 4. The van der Waals surface area contributed by atoms with Crippen molar-refractivity contribution in [1.82, 2.24) is 14.3 Å². The van der Waals surface area contributed by atoms with Crippen LogP contribution < -0.4 is 5.56 Å². The van der Waals surface area contributed by atoms with Crippen molar-refractivity contribution in [2.24, 2.45) is 0 Å². The molecular formula is C25H20FN3O3. The minimum absolute atomic E-state index is 0.194. The molecule has 5 rings (SSSR count). The zero-order chi connectivity index (χ0) is 22.6. The molecule has 0 aliphatic carbocycles. The van der Waals surface area contributed by atoms with Gasteiger partial charge in [-0.3, -0.25) is 14.0 Å². The van der Waals surface area contributed by atoms with Gasteiger partial charge in [-0.25, -0.2) is 9.37 Å². The lowest BCUT2D eigenvalue weighted by Gasteiger charge is -2.29. The van der Waals surface area contributed by atoms with Crippen LogP contribution in [0.3, 0.4) is 0 Å². The second-order valence-corrected chi connectivity index (χ2v) is 7.90. The minimum atomic E-state index is -1.17. The Morgan fingerprint density at radius 2 is 1.78 bits per heavy atom. The number of carbonyl (C=O) groups is 1. The number of rotatable bonds is 3. The van der Waals surface area contributed by atoms with Gasteiger partial charge in [0, 0.05) is 16.8 Å². The molecule has 0 bridgehead atoms. The van der Waals surface area contributed by atoms with Gasteiger partial charge in [-0.2, -0.15) is 0 Å². The fourth-order valence-corrected chi connectivity index (χ4v) is 4.41. The highest BCUT2D eigenvalue weighted by molar-refractivity contribution is 5.99. The zero-order valence-electron chi connectivity index (χ0n) is 17.5. The van der Waals surface area contributed by atoms with Gasteiger partial charge >= 0.3 is 0 Å². The second kappa shape index (κ2) is 7.39. The number of pyridine rings is 1. The lowest BCUT2D eigenvalue weighted by Crippen LogP contribution is -2.33. The van der Waals surface area contributed by atoms with Crippen molar-refractivity contribution in [2.75, 3.05) is 0 Å². The highest BCUT2D eigenvalue weighted by atomic mass is 19.1. The van der Waals surface area contributed by atoms with E-state index in [1.54, 1.807) is 62.4 Å². The van der Waals surface area contributed by atoms with E-state index in [0.717, 1.165) is 0 Å². The third-order valence-electron chi connectivity index (χ3n) is 5.97. The maximum Gasteiger partial charge on any atom is 0.266 e. The van der Waals surface area contributed by atoms with Crippen molar-refractivity contribution in [2.45, 2.75) is 26.1 Å². The van der Waals surface area contributed by atoms with Crippen LogP contribution in [0.2, 0.25) is 0 Å². The van der Waals surface area contributed by atoms with Crippen LogP contribution in [0.25, 0.3) is 16.8 Å². The topological polar surface area (TPSA) is 74.9 Å². The highest BCUT2D eigenvalue weighted by Gasteiger charge is 2.40. The van der Waals surface area contributed by atoms with E-state index in [2.05, 4.69) is 0 Å². The molecule has 1 N–H and O–H groups in total. The molecule has 0 radical (unpaired) electrons. The van der Waals surface area contributed by atoms with E-state index in [1.807, 2.05) is 0 Å². The summed E-state index contributed by atoms with van der Waals surface area (Å²) in [4.78, 5) is 32.8. The molecule has 1 aliphatic rings. The average molecular weight is 429 g/mol. The maximum atomic E-state index is 14.1. The first-order chi connectivity index (χ1) is 15.4. The predicted octanol–water partition coefficient (Wildman–Crippen LogP) is 4.02. The van der Waals surface area contributed by atoms with Crippen LogP contribution in [0.5, 0.6) is 0 Å². The first-order valence-corrected chi connectivity index (χ1v) is 10.3. The minimum Gasteiger partial charge on any atom is -0.369 e. The van der Waals surface area contributed by atoms with Gasteiger partial charge in [0.15, 0.2) is 6.23 Å². The normalized spacial score (nSPS) is 16.4. The summed E-state index contributed by atoms with van der Waals surface area (Å²) in [6.45, 7) is 3.50. The van der Waals surface area contributed by atoms with E-state index in [4.69, 9.17) is 4.98 Å². The number of carbonyl (C=O) groups excluding carboxylic acids is 1.